The molecule has 1 heterocycles. The number of benzene rings is 3. The summed E-state index contributed by atoms with van der Waals surface area (Å²) in [6.45, 7) is 1.89. The molecule has 1 amide bonds. The number of rotatable bonds is 7. The summed E-state index contributed by atoms with van der Waals surface area (Å²) in [7, 11) is 5.91. The number of nitrogens with zero attached hydrogens (tertiary/aromatic N) is 1. The second-order valence-corrected chi connectivity index (χ2v) is 8.17. The van der Waals surface area contributed by atoms with Gasteiger partial charge in [-0.1, -0.05) is 24.3 Å². The van der Waals surface area contributed by atoms with Crippen LogP contribution in [0.25, 0.3) is 5.76 Å². The maximum atomic E-state index is 13.5. The van der Waals surface area contributed by atoms with Crippen molar-refractivity contribution in [2.45, 2.75) is 13.0 Å². The minimum atomic E-state index is -0.981. The number of aliphatic hydroxyl groups is 1. The van der Waals surface area contributed by atoms with Gasteiger partial charge in [-0.25, -0.2) is 0 Å². The lowest BCUT2D eigenvalue weighted by molar-refractivity contribution is -0.132. The van der Waals surface area contributed by atoms with E-state index in [-0.39, 0.29) is 11.3 Å². The fourth-order valence-corrected chi connectivity index (χ4v) is 4.44. The standard InChI is InChI=1S/C28H27NO7/c1-16-9-8-10-18(13-16)29-24(17-14-21(34-3)27(36-5)22(15-17)35-4)23(26(31)28(29)32)25(30)19-11-6-7-12-20(19)33-2/h6-15,24,30H,1-5H3/b25-23+. The van der Waals surface area contributed by atoms with E-state index in [0.29, 0.717) is 39.8 Å². The maximum absolute atomic E-state index is 13.5. The minimum Gasteiger partial charge on any atom is -0.507 e. The summed E-state index contributed by atoms with van der Waals surface area (Å²) in [5.74, 6) is -0.520. The molecule has 8 nitrogen and oxygen atoms in total. The molecule has 8 heteroatoms. The van der Waals surface area contributed by atoms with Crippen LogP contribution in [0.2, 0.25) is 0 Å². The van der Waals surface area contributed by atoms with E-state index < -0.39 is 17.7 Å². The molecule has 1 saturated heterocycles. The Bertz CT molecular complexity index is 1340. The predicted molar refractivity (Wildman–Crippen MR) is 135 cm³/mol. The van der Waals surface area contributed by atoms with E-state index >= 15 is 0 Å². The van der Waals surface area contributed by atoms with Crippen molar-refractivity contribution in [1.82, 2.24) is 0 Å². The number of Topliss-reactive ketones (excluding diaryl/α,β-unsaturated/α-hetero) is 1. The molecule has 3 aromatic rings. The first-order valence-corrected chi connectivity index (χ1v) is 11.2. The van der Waals surface area contributed by atoms with Gasteiger partial charge in [-0.3, -0.25) is 14.5 Å². The van der Waals surface area contributed by atoms with Crippen molar-refractivity contribution in [2.24, 2.45) is 0 Å². The lowest BCUT2D eigenvalue weighted by Gasteiger charge is -2.27. The maximum Gasteiger partial charge on any atom is 0.300 e. The van der Waals surface area contributed by atoms with Crippen molar-refractivity contribution in [1.29, 1.82) is 0 Å². The van der Waals surface area contributed by atoms with Gasteiger partial charge in [-0.15, -0.1) is 0 Å². The number of hydrogen-bond acceptors (Lipinski definition) is 7. The van der Waals surface area contributed by atoms with Crippen LogP contribution in [0.5, 0.6) is 23.0 Å². The summed E-state index contributed by atoms with van der Waals surface area (Å²) < 4.78 is 21.9. The smallest absolute Gasteiger partial charge is 0.300 e. The third kappa shape index (κ3) is 4.11. The van der Waals surface area contributed by atoms with Gasteiger partial charge in [0, 0.05) is 5.69 Å². The van der Waals surface area contributed by atoms with Crippen molar-refractivity contribution in [3.05, 3.63) is 82.9 Å². The quantitative estimate of drug-likeness (QED) is 0.293. The van der Waals surface area contributed by atoms with Gasteiger partial charge in [-0.05, 0) is 54.4 Å². The van der Waals surface area contributed by atoms with Gasteiger partial charge < -0.3 is 24.1 Å². The topological polar surface area (TPSA) is 94.5 Å². The highest BCUT2D eigenvalue weighted by Gasteiger charge is 2.47. The van der Waals surface area contributed by atoms with E-state index in [1.165, 1.54) is 33.3 Å². The average Bonchev–Trinajstić information content (AvgIpc) is 3.17. The number of ether oxygens (including phenoxy) is 4. The number of anilines is 1. The summed E-state index contributed by atoms with van der Waals surface area (Å²) in [4.78, 5) is 28.3. The van der Waals surface area contributed by atoms with Crippen LogP contribution in [-0.2, 0) is 9.59 Å². The van der Waals surface area contributed by atoms with Crippen LogP contribution in [0.15, 0.2) is 66.2 Å². The molecule has 1 fully saturated rings. The van der Waals surface area contributed by atoms with Gasteiger partial charge in [0.1, 0.15) is 11.5 Å². The number of para-hydroxylation sites is 1. The highest BCUT2D eigenvalue weighted by molar-refractivity contribution is 6.51. The number of hydrogen-bond donors (Lipinski definition) is 1. The minimum absolute atomic E-state index is 0.0831. The van der Waals surface area contributed by atoms with E-state index in [1.54, 1.807) is 54.6 Å². The predicted octanol–water partition coefficient (Wildman–Crippen LogP) is 4.66. The Morgan fingerprint density at radius 3 is 2.03 bits per heavy atom. The molecule has 0 aliphatic carbocycles. The second kappa shape index (κ2) is 10.0. The number of carbonyl (C=O) groups excluding carboxylic acids is 2. The summed E-state index contributed by atoms with van der Waals surface area (Å²) in [6.07, 6.45) is 0. The Hall–Kier alpha value is -4.46. The lowest BCUT2D eigenvalue weighted by Crippen LogP contribution is -2.29. The summed E-state index contributed by atoms with van der Waals surface area (Å²) in [6, 6.07) is 16.3. The van der Waals surface area contributed by atoms with E-state index in [2.05, 4.69) is 0 Å². The van der Waals surface area contributed by atoms with E-state index in [9.17, 15) is 14.7 Å². The summed E-state index contributed by atoms with van der Waals surface area (Å²) in [5, 5.41) is 11.4. The molecule has 0 radical (unpaired) electrons. The largest absolute Gasteiger partial charge is 0.507 e. The van der Waals surface area contributed by atoms with Crippen LogP contribution in [0.1, 0.15) is 22.7 Å². The molecule has 4 rings (SSSR count). The fraction of sp³-hybridized carbons (Fsp3) is 0.214. The number of carbonyl (C=O) groups is 2. The molecular formula is C28H27NO7. The molecular weight excluding hydrogens is 462 g/mol. The first kappa shape index (κ1) is 24.7. The molecule has 0 saturated carbocycles. The lowest BCUT2D eigenvalue weighted by atomic mass is 9.94. The molecule has 1 aliphatic heterocycles. The van der Waals surface area contributed by atoms with E-state index in [0.717, 1.165) is 5.56 Å². The van der Waals surface area contributed by atoms with Crippen LogP contribution in [0, 0.1) is 6.92 Å². The molecule has 0 aromatic heterocycles. The van der Waals surface area contributed by atoms with Crippen molar-refractivity contribution in [2.75, 3.05) is 33.3 Å². The Balaban J connectivity index is 2.05. The summed E-state index contributed by atoms with van der Waals surface area (Å²) in [5.41, 5.74) is 2.11. The highest BCUT2D eigenvalue weighted by atomic mass is 16.5. The average molecular weight is 490 g/mol. The SMILES string of the molecule is COc1ccccc1/C(O)=C1\C(=O)C(=O)N(c2cccc(C)c2)C1c1cc(OC)c(OC)c(OC)c1. The summed E-state index contributed by atoms with van der Waals surface area (Å²) >= 11 is 0. The molecule has 1 atom stereocenters. The number of aryl methyl sites for hydroxylation is 1. The van der Waals surface area contributed by atoms with Crippen molar-refractivity contribution < 1.29 is 33.6 Å². The second-order valence-electron chi connectivity index (χ2n) is 8.17. The first-order valence-electron chi connectivity index (χ1n) is 11.2. The Morgan fingerprint density at radius 2 is 1.44 bits per heavy atom. The van der Waals surface area contributed by atoms with Crippen LogP contribution in [0.3, 0.4) is 0 Å². The third-order valence-corrected chi connectivity index (χ3v) is 6.09. The number of aliphatic hydroxyl groups excluding tert-OH is 1. The monoisotopic (exact) mass is 489 g/mol. The normalized spacial score (nSPS) is 16.7. The van der Waals surface area contributed by atoms with Gasteiger partial charge in [0.25, 0.3) is 11.7 Å². The fourth-order valence-electron chi connectivity index (χ4n) is 4.44. The first-order chi connectivity index (χ1) is 17.4. The van der Waals surface area contributed by atoms with Gasteiger partial charge >= 0.3 is 0 Å². The van der Waals surface area contributed by atoms with Crippen LogP contribution in [0.4, 0.5) is 5.69 Å². The molecule has 1 aliphatic rings. The molecule has 1 N–H and O–H groups in total. The number of amides is 1. The zero-order valence-corrected chi connectivity index (χ0v) is 20.7. The van der Waals surface area contributed by atoms with Gasteiger partial charge in [0.05, 0.1) is 45.6 Å². The molecule has 36 heavy (non-hydrogen) atoms. The van der Waals surface area contributed by atoms with Crippen molar-refractivity contribution in [3.8, 4) is 23.0 Å². The Kier molecular flexibility index (Phi) is 6.87. The highest BCUT2D eigenvalue weighted by Crippen LogP contribution is 2.47. The van der Waals surface area contributed by atoms with Crippen LogP contribution >= 0.6 is 0 Å². The zero-order valence-electron chi connectivity index (χ0n) is 20.7. The third-order valence-electron chi connectivity index (χ3n) is 6.09. The number of methoxy groups -OCH3 is 4. The molecule has 0 bridgehead atoms. The molecule has 1 unspecified atom stereocenters. The Morgan fingerprint density at radius 1 is 0.806 bits per heavy atom. The Labute approximate surface area is 209 Å². The van der Waals surface area contributed by atoms with Gasteiger partial charge in [0.2, 0.25) is 5.75 Å². The molecule has 0 spiro atoms. The van der Waals surface area contributed by atoms with Crippen molar-refractivity contribution in [3.63, 3.8) is 0 Å². The van der Waals surface area contributed by atoms with Gasteiger partial charge in [0.15, 0.2) is 11.5 Å². The van der Waals surface area contributed by atoms with E-state index in [4.69, 9.17) is 18.9 Å². The molecule has 3 aromatic carbocycles. The van der Waals surface area contributed by atoms with E-state index in [1.807, 2.05) is 13.0 Å². The molecule has 186 valence electrons. The van der Waals surface area contributed by atoms with Crippen LogP contribution in [-0.4, -0.2) is 45.2 Å². The zero-order chi connectivity index (χ0) is 26.0. The number of ketones is 1. The van der Waals surface area contributed by atoms with Crippen LogP contribution < -0.4 is 23.8 Å². The van der Waals surface area contributed by atoms with Gasteiger partial charge in [-0.2, -0.15) is 0 Å². The van der Waals surface area contributed by atoms with Crippen molar-refractivity contribution >= 4 is 23.1 Å².